The number of ether oxygens (including phenoxy) is 1. The first-order valence-electron chi connectivity index (χ1n) is 7.38. The van der Waals surface area contributed by atoms with E-state index in [0.717, 1.165) is 6.54 Å². The number of carbonyl (C=O) groups is 1. The third-order valence-corrected chi connectivity index (χ3v) is 4.57. The van der Waals surface area contributed by atoms with Crippen LogP contribution >= 0.6 is 0 Å². The molecule has 1 aromatic carbocycles. The van der Waals surface area contributed by atoms with E-state index in [9.17, 15) is 13.2 Å². The topological polar surface area (TPSA) is 87.7 Å². The van der Waals surface area contributed by atoms with Gasteiger partial charge in [-0.3, -0.25) is 4.79 Å². The lowest BCUT2D eigenvalue weighted by molar-refractivity contribution is 0.0951. The van der Waals surface area contributed by atoms with E-state index in [2.05, 4.69) is 10.0 Å². The maximum atomic E-state index is 12.1. The number of nitrogens with zero attached hydrogens (tertiary/aromatic N) is 1. The average molecular weight is 343 g/mol. The molecule has 8 heteroatoms. The molecule has 0 aliphatic carbocycles. The summed E-state index contributed by atoms with van der Waals surface area (Å²) in [5.41, 5.74) is 0.432. The summed E-state index contributed by atoms with van der Waals surface area (Å²) in [7, 11) is 1.86. The fourth-order valence-corrected chi connectivity index (χ4v) is 2.86. The zero-order valence-electron chi connectivity index (χ0n) is 13.8. The molecule has 0 saturated carbocycles. The molecule has 7 nitrogen and oxygen atoms in total. The Morgan fingerprint density at radius 2 is 1.83 bits per heavy atom. The van der Waals surface area contributed by atoms with E-state index >= 15 is 0 Å². The number of methoxy groups -OCH3 is 1. The molecule has 0 heterocycles. The van der Waals surface area contributed by atoms with Crippen LogP contribution in [0.1, 0.15) is 16.8 Å². The highest BCUT2D eigenvalue weighted by Crippen LogP contribution is 2.10. The van der Waals surface area contributed by atoms with Crippen molar-refractivity contribution in [2.45, 2.75) is 11.3 Å². The Kier molecular flexibility index (Phi) is 8.18. The lowest BCUT2D eigenvalue weighted by Crippen LogP contribution is -2.31. The lowest BCUT2D eigenvalue weighted by Gasteiger charge is -2.11. The maximum Gasteiger partial charge on any atom is 0.251 e. The monoisotopic (exact) mass is 343 g/mol. The molecule has 0 aliphatic heterocycles. The quantitative estimate of drug-likeness (QED) is 0.596. The molecule has 0 fully saturated rings. The van der Waals surface area contributed by atoms with Gasteiger partial charge in [0.05, 0.1) is 4.90 Å². The summed E-state index contributed by atoms with van der Waals surface area (Å²) >= 11 is 0. The highest BCUT2D eigenvalue weighted by atomic mass is 32.2. The number of benzene rings is 1. The van der Waals surface area contributed by atoms with Crippen molar-refractivity contribution in [1.82, 2.24) is 14.9 Å². The van der Waals surface area contributed by atoms with Crippen LogP contribution in [0.15, 0.2) is 29.2 Å². The van der Waals surface area contributed by atoms with Gasteiger partial charge in [-0.2, -0.15) is 0 Å². The van der Waals surface area contributed by atoms with Gasteiger partial charge in [0.2, 0.25) is 10.0 Å². The number of hydrogen-bond donors (Lipinski definition) is 2. The minimum absolute atomic E-state index is 0.139. The number of rotatable bonds is 10. The van der Waals surface area contributed by atoms with Crippen molar-refractivity contribution in [3.05, 3.63) is 29.8 Å². The first-order chi connectivity index (χ1) is 10.9. The van der Waals surface area contributed by atoms with Gasteiger partial charge >= 0.3 is 0 Å². The maximum absolute atomic E-state index is 12.1. The van der Waals surface area contributed by atoms with Gasteiger partial charge in [0.15, 0.2) is 0 Å². The third kappa shape index (κ3) is 7.08. The smallest absolute Gasteiger partial charge is 0.251 e. The molecule has 0 aromatic heterocycles. The molecule has 0 radical (unpaired) electrons. The second-order valence-corrected chi connectivity index (χ2v) is 7.09. The summed E-state index contributed by atoms with van der Waals surface area (Å²) in [4.78, 5) is 14.0. The van der Waals surface area contributed by atoms with Crippen LogP contribution in [0, 0.1) is 0 Å². The Balaban J connectivity index is 2.59. The number of sulfonamides is 1. The van der Waals surface area contributed by atoms with Crippen molar-refractivity contribution < 1.29 is 17.9 Å². The van der Waals surface area contributed by atoms with Crippen LogP contribution in [0.4, 0.5) is 0 Å². The van der Waals surface area contributed by atoms with Gasteiger partial charge in [-0.25, -0.2) is 13.1 Å². The molecule has 1 aromatic rings. The second-order valence-electron chi connectivity index (χ2n) is 5.33. The molecule has 0 saturated heterocycles. The van der Waals surface area contributed by atoms with Crippen LogP contribution < -0.4 is 10.0 Å². The van der Waals surface area contributed by atoms with E-state index in [1.54, 1.807) is 7.11 Å². The van der Waals surface area contributed by atoms with E-state index < -0.39 is 10.0 Å². The molecule has 0 spiro atoms. The van der Waals surface area contributed by atoms with Crippen molar-refractivity contribution in [3.63, 3.8) is 0 Å². The first kappa shape index (κ1) is 19.6. The molecule has 2 N–H and O–H groups in total. The molecule has 0 aliphatic rings. The highest BCUT2D eigenvalue weighted by molar-refractivity contribution is 7.89. The fraction of sp³-hybridized carbons (Fsp3) is 0.533. The Morgan fingerprint density at radius 3 is 2.39 bits per heavy atom. The minimum atomic E-state index is -3.56. The lowest BCUT2D eigenvalue weighted by atomic mass is 10.2. The summed E-state index contributed by atoms with van der Waals surface area (Å²) in [6.07, 6.45) is 0.599. The number of amides is 1. The summed E-state index contributed by atoms with van der Waals surface area (Å²) in [5, 5.41) is 2.78. The van der Waals surface area contributed by atoms with Gasteiger partial charge in [0.25, 0.3) is 5.91 Å². The minimum Gasteiger partial charge on any atom is -0.385 e. The third-order valence-electron chi connectivity index (χ3n) is 3.09. The molecule has 23 heavy (non-hydrogen) atoms. The Labute approximate surface area is 138 Å². The summed E-state index contributed by atoms with van der Waals surface area (Å²) in [5.74, 6) is -0.219. The standard InChI is InChI=1S/C15H25N3O4S/c1-18(2)11-10-16-15(19)13-5-7-14(8-6-13)23(20,21)17-9-4-12-22-3/h5-8,17H,4,9-12H2,1-3H3,(H,16,19). The van der Waals surface area contributed by atoms with Gasteiger partial charge in [0.1, 0.15) is 0 Å². The SMILES string of the molecule is COCCCNS(=O)(=O)c1ccc(C(=O)NCCN(C)C)cc1. The van der Waals surface area contributed by atoms with Gasteiger partial charge in [-0.05, 0) is 44.8 Å². The van der Waals surface area contributed by atoms with Gasteiger partial charge in [-0.1, -0.05) is 0 Å². The van der Waals surface area contributed by atoms with Crippen LogP contribution in [0.2, 0.25) is 0 Å². The zero-order valence-corrected chi connectivity index (χ0v) is 14.6. The number of likely N-dealkylation sites (N-methyl/N-ethyl adjacent to an activating group) is 1. The van der Waals surface area contributed by atoms with E-state index in [1.165, 1.54) is 24.3 Å². The average Bonchev–Trinajstić information content (AvgIpc) is 2.51. The van der Waals surface area contributed by atoms with Crippen molar-refractivity contribution >= 4 is 15.9 Å². The first-order valence-corrected chi connectivity index (χ1v) is 8.86. The summed E-state index contributed by atoms with van der Waals surface area (Å²) in [6, 6.07) is 5.88. The molecule has 0 atom stereocenters. The molecular weight excluding hydrogens is 318 g/mol. The number of carbonyl (C=O) groups excluding carboxylic acids is 1. The van der Waals surface area contributed by atoms with Crippen LogP contribution in [0.3, 0.4) is 0 Å². The normalized spacial score (nSPS) is 11.7. The Hall–Kier alpha value is -1.48. The van der Waals surface area contributed by atoms with Crippen molar-refractivity contribution in [3.8, 4) is 0 Å². The van der Waals surface area contributed by atoms with E-state index in [-0.39, 0.29) is 10.8 Å². The van der Waals surface area contributed by atoms with E-state index in [1.807, 2.05) is 19.0 Å². The summed E-state index contributed by atoms with van der Waals surface area (Å²) < 4.78 is 31.5. The van der Waals surface area contributed by atoms with E-state index in [4.69, 9.17) is 4.74 Å². The predicted octanol–water partition coefficient (Wildman–Crippen LogP) is 0.293. The van der Waals surface area contributed by atoms with E-state index in [0.29, 0.717) is 31.7 Å². The fourth-order valence-electron chi connectivity index (χ4n) is 1.79. The van der Waals surface area contributed by atoms with Crippen molar-refractivity contribution in [1.29, 1.82) is 0 Å². The van der Waals surface area contributed by atoms with Crippen molar-refractivity contribution in [2.24, 2.45) is 0 Å². The van der Waals surface area contributed by atoms with Gasteiger partial charge < -0.3 is 15.0 Å². The second kappa shape index (κ2) is 9.61. The molecule has 0 bridgehead atoms. The van der Waals surface area contributed by atoms with Crippen LogP contribution in [0.5, 0.6) is 0 Å². The molecule has 130 valence electrons. The van der Waals surface area contributed by atoms with Gasteiger partial charge in [-0.15, -0.1) is 0 Å². The molecule has 0 unspecified atom stereocenters. The zero-order chi connectivity index (χ0) is 17.3. The molecule has 1 rings (SSSR count). The largest absolute Gasteiger partial charge is 0.385 e. The van der Waals surface area contributed by atoms with Crippen molar-refractivity contribution in [2.75, 3.05) is 47.4 Å². The molecular formula is C15H25N3O4S. The summed E-state index contributed by atoms with van der Waals surface area (Å²) in [6.45, 7) is 2.08. The number of hydrogen-bond acceptors (Lipinski definition) is 5. The van der Waals surface area contributed by atoms with Crippen LogP contribution in [0.25, 0.3) is 0 Å². The number of nitrogens with one attached hydrogen (secondary N) is 2. The highest BCUT2D eigenvalue weighted by Gasteiger charge is 2.14. The Morgan fingerprint density at radius 1 is 1.17 bits per heavy atom. The predicted molar refractivity (Wildman–Crippen MR) is 89.0 cm³/mol. The Bertz CT molecular complexity index is 585. The van der Waals surface area contributed by atoms with Crippen LogP contribution in [-0.2, 0) is 14.8 Å². The van der Waals surface area contributed by atoms with Gasteiger partial charge in [0, 0.05) is 38.9 Å². The molecule has 1 amide bonds. The van der Waals surface area contributed by atoms with Crippen LogP contribution in [-0.4, -0.2) is 66.7 Å².